The summed E-state index contributed by atoms with van der Waals surface area (Å²) in [6.45, 7) is 6.00. The van der Waals surface area contributed by atoms with Gasteiger partial charge in [-0.1, -0.05) is 24.6 Å². The molecule has 158 valence electrons. The number of aliphatic imine (C=N–C) groups is 1. The van der Waals surface area contributed by atoms with Gasteiger partial charge >= 0.3 is 0 Å². The van der Waals surface area contributed by atoms with Gasteiger partial charge in [0.25, 0.3) is 0 Å². The summed E-state index contributed by atoms with van der Waals surface area (Å²) in [5.41, 5.74) is 2.16. The molecule has 2 N–H and O–H groups in total. The summed E-state index contributed by atoms with van der Waals surface area (Å²) < 4.78 is 0. The topological polar surface area (TPSA) is 69.6 Å². The van der Waals surface area contributed by atoms with Crippen LogP contribution in [0.3, 0.4) is 0 Å². The van der Waals surface area contributed by atoms with Gasteiger partial charge < -0.3 is 15.5 Å². The summed E-state index contributed by atoms with van der Waals surface area (Å²) in [6, 6.07) is 10.2. The molecule has 0 atom stereocenters. The first kappa shape index (κ1) is 23.4. The number of hydrogen-bond acceptors (Lipinski definition) is 3. The Bertz CT molecular complexity index is 805. The van der Waals surface area contributed by atoms with E-state index in [1.165, 1.54) is 6.42 Å². The molecule has 0 aliphatic carbocycles. The molecule has 1 aliphatic heterocycles. The van der Waals surface area contributed by atoms with Crippen molar-refractivity contribution >= 4 is 46.7 Å². The van der Waals surface area contributed by atoms with Crippen molar-refractivity contribution < 1.29 is 4.79 Å². The first-order valence-corrected chi connectivity index (χ1v) is 10.4. The number of nitrogens with one attached hydrogen (secondary N) is 2. The molecule has 0 unspecified atom stereocenters. The van der Waals surface area contributed by atoms with Crippen molar-refractivity contribution in [3.05, 3.63) is 42.1 Å². The molecule has 1 amide bonds. The molecule has 7 heteroatoms. The lowest BCUT2D eigenvalue weighted by atomic mass is 10.1. The number of carbonyl (C=O) groups is 1. The lowest BCUT2D eigenvalue weighted by molar-refractivity contribution is -0.130. The van der Waals surface area contributed by atoms with Crippen LogP contribution in [0.15, 0.2) is 41.5 Å². The maximum absolute atomic E-state index is 12.1. The van der Waals surface area contributed by atoms with Crippen LogP contribution in [0.4, 0.5) is 0 Å². The van der Waals surface area contributed by atoms with E-state index in [9.17, 15) is 4.79 Å². The van der Waals surface area contributed by atoms with E-state index >= 15 is 0 Å². The van der Waals surface area contributed by atoms with E-state index in [1.807, 2.05) is 35.4 Å². The minimum atomic E-state index is 0. The molecule has 6 nitrogen and oxygen atoms in total. The summed E-state index contributed by atoms with van der Waals surface area (Å²) in [4.78, 5) is 23.2. The number of rotatable bonds is 7. The van der Waals surface area contributed by atoms with Crippen molar-refractivity contribution in [3.63, 3.8) is 0 Å². The van der Waals surface area contributed by atoms with Crippen molar-refractivity contribution in [1.29, 1.82) is 0 Å². The molecular weight excluding hydrogens is 477 g/mol. The fourth-order valence-corrected chi connectivity index (χ4v) is 3.55. The van der Waals surface area contributed by atoms with Crippen molar-refractivity contribution in [2.24, 2.45) is 4.99 Å². The Labute approximate surface area is 190 Å². The van der Waals surface area contributed by atoms with Gasteiger partial charge in [0.1, 0.15) is 0 Å². The number of amides is 1. The third-order valence-electron chi connectivity index (χ3n) is 5.06. The van der Waals surface area contributed by atoms with Crippen molar-refractivity contribution in [3.8, 4) is 0 Å². The standard InChI is InChI=1S/C22H31N5O.HI/c1-2-23-22(25-13-8-16-27-15-7-3-4-11-21(27)28)26-17-18-12-14-24-20-10-6-5-9-19(18)20;/h5-6,9-10,12,14H,2-4,7-8,11,13,15-17H2,1H3,(H2,23,25,26);1H. The molecule has 1 aromatic heterocycles. The van der Waals surface area contributed by atoms with Crippen LogP contribution in [-0.4, -0.2) is 47.9 Å². The van der Waals surface area contributed by atoms with Crippen LogP contribution in [-0.2, 0) is 11.3 Å². The second-order valence-electron chi connectivity index (χ2n) is 7.15. The molecule has 0 radical (unpaired) electrons. The predicted octanol–water partition coefficient (Wildman–Crippen LogP) is 3.70. The monoisotopic (exact) mass is 509 g/mol. The normalized spacial score (nSPS) is 15.0. The Balaban J connectivity index is 0.00000300. The Kier molecular flexibility index (Phi) is 10.2. The molecule has 29 heavy (non-hydrogen) atoms. The minimum Gasteiger partial charge on any atom is -0.357 e. The fourth-order valence-electron chi connectivity index (χ4n) is 3.55. The largest absolute Gasteiger partial charge is 0.357 e. The molecule has 1 saturated heterocycles. The van der Waals surface area contributed by atoms with E-state index in [0.717, 1.165) is 67.9 Å². The number of carbonyl (C=O) groups excluding carboxylic acids is 1. The summed E-state index contributed by atoms with van der Waals surface area (Å²) in [5, 5.41) is 7.84. The van der Waals surface area contributed by atoms with Crippen LogP contribution in [0.1, 0.15) is 44.6 Å². The molecule has 1 aromatic carbocycles. The predicted molar refractivity (Wildman–Crippen MR) is 130 cm³/mol. The third-order valence-corrected chi connectivity index (χ3v) is 5.06. The average molecular weight is 509 g/mol. The first-order chi connectivity index (χ1) is 13.8. The number of benzene rings is 1. The fraction of sp³-hybridized carbons (Fsp3) is 0.500. The van der Waals surface area contributed by atoms with Crippen molar-refractivity contribution in [2.75, 3.05) is 26.2 Å². The second kappa shape index (κ2) is 12.6. The summed E-state index contributed by atoms with van der Waals surface area (Å²) >= 11 is 0. The molecule has 2 heterocycles. The quantitative estimate of drug-likeness (QED) is 0.259. The zero-order valence-electron chi connectivity index (χ0n) is 17.2. The maximum atomic E-state index is 12.1. The highest BCUT2D eigenvalue weighted by Crippen LogP contribution is 2.16. The van der Waals surface area contributed by atoms with Gasteiger partial charge in [0, 0.05) is 44.2 Å². The van der Waals surface area contributed by atoms with Gasteiger partial charge in [-0.2, -0.15) is 0 Å². The highest BCUT2D eigenvalue weighted by Gasteiger charge is 2.15. The number of nitrogens with zero attached hydrogens (tertiary/aromatic N) is 3. The van der Waals surface area contributed by atoms with Gasteiger partial charge in [0.15, 0.2) is 5.96 Å². The summed E-state index contributed by atoms with van der Waals surface area (Å²) in [7, 11) is 0. The molecule has 0 saturated carbocycles. The van der Waals surface area contributed by atoms with E-state index in [2.05, 4.69) is 28.6 Å². The third kappa shape index (κ3) is 7.13. The van der Waals surface area contributed by atoms with Crippen molar-refractivity contribution in [2.45, 2.75) is 45.6 Å². The van der Waals surface area contributed by atoms with Gasteiger partial charge in [-0.15, -0.1) is 24.0 Å². The number of hydrogen-bond donors (Lipinski definition) is 2. The number of guanidine groups is 1. The Hall–Kier alpha value is -1.90. The number of likely N-dealkylation sites (tertiary alicyclic amines) is 1. The maximum Gasteiger partial charge on any atom is 0.222 e. The molecule has 1 aliphatic rings. The molecular formula is C22H32IN5O. The molecule has 3 rings (SSSR count). The van der Waals surface area contributed by atoms with Crippen molar-refractivity contribution in [1.82, 2.24) is 20.5 Å². The second-order valence-corrected chi connectivity index (χ2v) is 7.15. The number of para-hydroxylation sites is 1. The molecule has 1 fully saturated rings. The van der Waals surface area contributed by atoms with E-state index < -0.39 is 0 Å². The van der Waals surface area contributed by atoms with Gasteiger partial charge in [-0.25, -0.2) is 4.99 Å². The van der Waals surface area contributed by atoms with E-state index in [0.29, 0.717) is 18.9 Å². The minimum absolute atomic E-state index is 0. The Morgan fingerprint density at radius 1 is 1.17 bits per heavy atom. The number of halogens is 1. The first-order valence-electron chi connectivity index (χ1n) is 10.4. The van der Waals surface area contributed by atoms with E-state index in [4.69, 9.17) is 4.99 Å². The van der Waals surface area contributed by atoms with Crippen LogP contribution in [0.25, 0.3) is 10.9 Å². The molecule has 0 spiro atoms. The zero-order valence-corrected chi connectivity index (χ0v) is 19.5. The number of aromatic nitrogens is 1. The van der Waals surface area contributed by atoms with Gasteiger partial charge in [-0.05, 0) is 43.9 Å². The Morgan fingerprint density at radius 3 is 2.90 bits per heavy atom. The summed E-state index contributed by atoms with van der Waals surface area (Å²) in [5.74, 6) is 1.12. The molecule has 2 aromatic rings. The lowest BCUT2D eigenvalue weighted by Gasteiger charge is -2.20. The number of pyridine rings is 1. The molecule has 0 bridgehead atoms. The van der Waals surface area contributed by atoms with E-state index in [1.54, 1.807) is 0 Å². The van der Waals surface area contributed by atoms with Crippen LogP contribution >= 0.6 is 24.0 Å². The van der Waals surface area contributed by atoms with Crippen LogP contribution in [0.2, 0.25) is 0 Å². The smallest absolute Gasteiger partial charge is 0.222 e. The highest BCUT2D eigenvalue weighted by molar-refractivity contribution is 14.0. The van der Waals surface area contributed by atoms with Gasteiger partial charge in [0.05, 0.1) is 12.1 Å². The van der Waals surface area contributed by atoms with E-state index in [-0.39, 0.29) is 24.0 Å². The summed E-state index contributed by atoms with van der Waals surface area (Å²) in [6.07, 6.45) is 6.80. The number of fused-ring (bicyclic) bond motifs is 1. The van der Waals surface area contributed by atoms with Gasteiger partial charge in [0.2, 0.25) is 5.91 Å². The highest BCUT2D eigenvalue weighted by atomic mass is 127. The van der Waals surface area contributed by atoms with Crippen LogP contribution < -0.4 is 10.6 Å². The van der Waals surface area contributed by atoms with Crippen LogP contribution in [0, 0.1) is 0 Å². The lowest BCUT2D eigenvalue weighted by Crippen LogP contribution is -2.39. The average Bonchev–Trinajstić information content (AvgIpc) is 2.93. The van der Waals surface area contributed by atoms with Gasteiger partial charge in [-0.3, -0.25) is 9.78 Å². The van der Waals surface area contributed by atoms with Crippen LogP contribution in [0.5, 0.6) is 0 Å². The zero-order chi connectivity index (χ0) is 19.6. The SMILES string of the molecule is CCNC(=NCc1ccnc2ccccc12)NCCCN1CCCCCC1=O.I. The Morgan fingerprint density at radius 2 is 2.03 bits per heavy atom.